The van der Waals surface area contributed by atoms with Crippen molar-refractivity contribution in [1.29, 1.82) is 0 Å². The van der Waals surface area contributed by atoms with Crippen molar-refractivity contribution in [3.63, 3.8) is 0 Å². The lowest BCUT2D eigenvalue weighted by Crippen LogP contribution is -2.30. The fourth-order valence-corrected chi connectivity index (χ4v) is 2.40. The summed E-state index contributed by atoms with van der Waals surface area (Å²) < 4.78 is 7.43. The topological polar surface area (TPSA) is 51.5 Å². The first-order valence-corrected chi connectivity index (χ1v) is 7.46. The molecule has 6 heteroatoms. The zero-order chi connectivity index (χ0) is 15.1. The van der Waals surface area contributed by atoms with E-state index in [2.05, 4.69) is 27.6 Å². The first-order chi connectivity index (χ1) is 9.49. The summed E-state index contributed by atoms with van der Waals surface area (Å²) in [7, 11) is 3.11. The maximum atomic E-state index is 12.4. The molecule has 112 valence electrons. The van der Waals surface area contributed by atoms with Gasteiger partial charge in [-0.2, -0.15) is 0 Å². The molecule has 0 radical (unpaired) electrons. The monoisotopic (exact) mass is 344 g/mol. The Hall–Kier alpha value is -1.30. The Morgan fingerprint density at radius 3 is 2.75 bits per heavy atom. The van der Waals surface area contributed by atoms with E-state index in [1.807, 2.05) is 16.8 Å². The summed E-state index contributed by atoms with van der Waals surface area (Å²) in [6.07, 6.45) is 3.81. The quantitative estimate of drug-likeness (QED) is 0.714. The number of hydrogen-bond donors (Lipinski definition) is 0. The first kappa shape index (κ1) is 16.8. The van der Waals surface area contributed by atoms with Crippen LogP contribution >= 0.6 is 15.9 Å². The highest BCUT2D eigenvalue weighted by molar-refractivity contribution is 9.10. The minimum Gasteiger partial charge on any atom is -0.469 e. The van der Waals surface area contributed by atoms with E-state index in [-0.39, 0.29) is 11.9 Å². The van der Waals surface area contributed by atoms with Crippen LogP contribution in [-0.4, -0.2) is 42.0 Å². The molecule has 0 aliphatic rings. The van der Waals surface area contributed by atoms with Crippen LogP contribution in [0.25, 0.3) is 0 Å². The predicted octanol–water partition coefficient (Wildman–Crippen LogP) is 2.69. The molecule has 0 saturated heterocycles. The number of carbonyl (C=O) groups is 2. The fourth-order valence-electron chi connectivity index (χ4n) is 1.94. The number of esters is 1. The second-order valence-corrected chi connectivity index (χ2v) is 5.56. The van der Waals surface area contributed by atoms with Gasteiger partial charge in [-0.3, -0.25) is 9.59 Å². The summed E-state index contributed by atoms with van der Waals surface area (Å²) in [4.78, 5) is 25.0. The van der Waals surface area contributed by atoms with Crippen molar-refractivity contribution in [2.75, 3.05) is 20.7 Å². The number of hydrogen-bond acceptors (Lipinski definition) is 3. The predicted molar refractivity (Wildman–Crippen MR) is 80.6 cm³/mol. The van der Waals surface area contributed by atoms with Gasteiger partial charge < -0.3 is 14.2 Å². The Bertz CT molecular complexity index is 471. The average Bonchev–Trinajstić information content (AvgIpc) is 2.78. The van der Waals surface area contributed by atoms with Crippen molar-refractivity contribution >= 4 is 27.8 Å². The van der Waals surface area contributed by atoms with E-state index in [1.54, 1.807) is 11.9 Å². The van der Waals surface area contributed by atoms with Gasteiger partial charge in [-0.05, 0) is 34.8 Å². The van der Waals surface area contributed by atoms with E-state index in [0.29, 0.717) is 25.1 Å². The van der Waals surface area contributed by atoms with E-state index in [4.69, 9.17) is 0 Å². The summed E-state index contributed by atoms with van der Waals surface area (Å²) >= 11 is 3.40. The molecule has 1 rings (SSSR count). The van der Waals surface area contributed by atoms with Crippen LogP contribution in [0.15, 0.2) is 16.7 Å². The van der Waals surface area contributed by atoms with Crippen LogP contribution in [0.2, 0.25) is 0 Å². The fraction of sp³-hybridized carbons (Fsp3) is 0.571. The van der Waals surface area contributed by atoms with Crippen molar-refractivity contribution in [2.45, 2.75) is 32.7 Å². The molecule has 1 aromatic heterocycles. The molecule has 1 amide bonds. The molecule has 0 aliphatic heterocycles. The molecule has 20 heavy (non-hydrogen) atoms. The molecule has 0 N–H and O–H groups in total. The molecule has 0 bridgehead atoms. The third kappa shape index (κ3) is 4.67. The van der Waals surface area contributed by atoms with Crippen LogP contribution in [0.4, 0.5) is 0 Å². The van der Waals surface area contributed by atoms with E-state index < -0.39 is 0 Å². The Balaban J connectivity index is 2.62. The molecule has 1 aromatic rings. The highest BCUT2D eigenvalue weighted by atomic mass is 79.9. The SMILES string of the molecule is CCCn1cc(Br)cc1C(=O)N(C)CCCC(=O)OC. The average molecular weight is 345 g/mol. The highest BCUT2D eigenvalue weighted by Gasteiger charge is 2.17. The molecule has 0 atom stereocenters. The minimum absolute atomic E-state index is 0.0333. The van der Waals surface area contributed by atoms with Gasteiger partial charge in [-0.1, -0.05) is 6.92 Å². The number of aryl methyl sites for hydroxylation is 1. The van der Waals surface area contributed by atoms with Gasteiger partial charge >= 0.3 is 5.97 Å². The molecule has 0 unspecified atom stereocenters. The minimum atomic E-state index is -0.247. The van der Waals surface area contributed by atoms with Crippen molar-refractivity contribution in [1.82, 2.24) is 9.47 Å². The molecule has 0 fully saturated rings. The summed E-state index contributed by atoms with van der Waals surface area (Å²) in [5.41, 5.74) is 0.666. The van der Waals surface area contributed by atoms with Gasteiger partial charge in [-0.15, -0.1) is 0 Å². The van der Waals surface area contributed by atoms with Crippen LogP contribution < -0.4 is 0 Å². The number of ether oxygens (including phenoxy) is 1. The number of amides is 1. The summed E-state index contributed by atoms with van der Waals surface area (Å²) in [6.45, 7) is 3.41. The zero-order valence-corrected chi connectivity index (χ0v) is 13.8. The van der Waals surface area contributed by atoms with Crippen molar-refractivity contribution in [2.24, 2.45) is 0 Å². The number of methoxy groups -OCH3 is 1. The molecule has 0 spiro atoms. The summed E-state index contributed by atoms with van der Waals surface area (Å²) in [6, 6.07) is 1.83. The molecule has 1 heterocycles. The number of rotatable bonds is 7. The van der Waals surface area contributed by atoms with Gasteiger partial charge in [0.05, 0.1) is 7.11 Å². The van der Waals surface area contributed by atoms with Crippen LogP contribution in [0.3, 0.4) is 0 Å². The lowest BCUT2D eigenvalue weighted by atomic mass is 10.3. The van der Waals surface area contributed by atoms with E-state index in [0.717, 1.165) is 17.4 Å². The highest BCUT2D eigenvalue weighted by Crippen LogP contribution is 2.17. The van der Waals surface area contributed by atoms with E-state index in [1.165, 1.54) is 7.11 Å². The van der Waals surface area contributed by atoms with Crippen molar-refractivity contribution < 1.29 is 14.3 Å². The number of halogens is 1. The standard InChI is InChI=1S/C14H21BrN2O3/c1-4-7-17-10-11(15)9-12(17)14(19)16(2)8-5-6-13(18)20-3/h9-10H,4-8H2,1-3H3. The molecular weight excluding hydrogens is 324 g/mol. The maximum Gasteiger partial charge on any atom is 0.305 e. The Labute approximate surface area is 128 Å². The number of nitrogens with zero attached hydrogens (tertiary/aromatic N) is 2. The lowest BCUT2D eigenvalue weighted by molar-refractivity contribution is -0.140. The van der Waals surface area contributed by atoms with Crippen LogP contribution in [-0.2, 0) is 16.1 Å². The first-order valence-electron chi connectivity index (χ1n) is 6.67. The van der Waals surface area contributed by atoms with Gasteiger partial charge in [-0.25, -0.2) is 0 Å². The van der Waals surface area contributed by atoms with Gasteiger partial charge in [0, 0.05) is 37.2 Å². The largest absolute Gasteiger partial charge is 0.469 e. The molecule has 0 aliphatic carbocycles. The van der Waals surface area contributed by atoms with Crippen molar-refractivity contribution in [3.05, 3.63) is 22.4 Å². The lowest BCUT2D eigenvalue weighted by Gasteiger charge is -2.18. The molecule has 5 nitrogen and oxygen atoms in total. The van der Waals surface area contributed by atoms with E-state index in [9.17, 15) is 9.59 Å². The smallest absolute Gasteiger partial charge is 0.305 e. The van der Waals surface area contributed by atoms with Gasteiger partial charge in [0.2, 0.25) is 0 Å². The third-order valence-corrected chi connectivity index (χ3v) is 3.43. The van der Waals surface area contributed by atoms with Crippen LogP contribution in [0, 0.1) is 0 Å². The number of carbonyl (C=O) groups excluding carboxylic acids is 2. The van der Waals surface area contributed by atoms with Gasteiger partial charge in [0.15, 0.2) is 0 Å². The van der Waals surface area contributed by atoms with Crippen LogP contribution in [0.1, 0.15) is 36.7 Å². The van der Waals surface area contributed by atoms with Crippen molar-refractivity contribution in [3.8, 4) is 0 Å². The molecule has 0 saturated carbocycles. The zero-order valence-electron chi connectivity index (χ0n) is 12.2. The Morgan fingerprint density at radius 2 is 2.15 bits per heavy atom. The second-order valence-electron chi connectivity index (χ2n) is 4.64. The third-order valence-electron chi connectivity index (χ3n) is 3.00. The van der Waals surface area contributed by atoms with Crippen LogP contribution in [0.5, 0.6) is 0 Å². The number of aromatic nitrogens is 1. The molecular formula is C14H21BrN2O3. The Kier molecular flexibility index (Phi) is 6.78. The molecule has 0 aromatic carbocycles. The maximum absolute atomic E-state index is 12.4. The summed E-state index contributed by atoms with van der Waals surface area (Å²) in [5, 5.41) is 0. The normalized spacial score (nSPS) is 10.4. The van der Waals surface area contributed by atoms with E-state index >= 15 is 0 Å². The second kappa shape index (κ2) is 8.09. The van der Waals surface area contributed by atoms with Gasteiger partial charge in [0.25, 0.3) is 5.91 Å². The Morgan fingerprint density at radius 1 is 1.45 bits per heavy atom. The summed E-state index contributed by atoms with van der Waals surface area (Å²) in [5.74, 6) is -0.281. The van der Waals surface area contributed by atoms with Gasteiger partial charge in [0.1, 0.15) is 5.69 Å².